The molecule has 0 fully saturated rings. The molecule has 0 radical (unpaired) electrons. The lowest BCUT2D eigenvalue weighted by atomic mass is 10.2. The molecular weight excluding hydrogens is 176 g/mol. The quantitative estimate of drug-likeness (QED) is 0.370. The minimum atomic E-state index is -0.180. The minimum absolute atomic E-state index is 0.180. The third-order valence-corrected chi connectivity index (χ3v) is 1.89. The Morgan fingerprint density at radius 3 is 2.71 bits per heavy atom. The number of methoxy groups -OCH3 is 1. The monoisotopic (exact) mass is 196 g/mol. The van der Waals surface area contributed by atoms with Gasteiger partial charge in [-0.3, -0.25) is 4.79 Å². The lowest BCUT2D eigenvalue weighted by Gasteiger charge is -1.97. The topological polar surface area (TPSA) is 26.3 Å². The molecule has 0 aromatic carbocycles. The van der Waals surface area contributed by atoms with Crippen LogP contribution in [0.25, 0.3) is 0 Å². The van der Waals surface area contributed by atoms with Crippen molar-refractivity contribution in [3.63, 3.8) is 0 Å². The summed E-state index contributed by atoms with van der Waals surface area (Å²) in [6.07, 6.45) is 10.0. The number of allylic oxidation sites excluding steroid dienone is 3. The van der Waals surface area contributed by atoms with Gasteiger partial charge in [0.15, 0.2) is 0 Å². The Balaban J connectivity index is 3.75. The first kappa shape index (κ1) is 12.9. The van der Waals surface area contributed by atoms with Crippen LogP contribution in [-0.2, 0) is 9.53 Å². The van der Waals surface area contributed by atoms with Crippen LogP contribution in [0, 0.1) is 0 Å². The Hall–Kier alpha value is -1.05. The number of hydrogen-bond donors (Lipinski definition) is 0. The normalized spacial score (nSPS) is 12.1. The average molecular weight is 196 g/mol. The molecule has 14 heavy (non-hydrogen) atoms. The van der Waals surface area contributed by atoms with Crippen LogP contribution in [0.4, 0.5) is 0 Å². The Morgan fingerprint density at radius 1 is 1.43 bits per heavy atom. The Kier molecular flexibility index (Phi) is 7.90. The smallest absolute Gasteiger partial charge is 0.309 e. The van der Waals surface area contributed by atoms with E-state index >= 15 is 0 Å². The van der Waals surface area contributed by atoms with Crippen LogP contribution >= 0.6 is 0 Å². The zero-order valence-corrected chi connectivity index (χ0v) is 9.38. The number of esters is 1. The molecule has 0 aromatic heterocycles. The molecule has 0 rings (SSSR count). The standard InChI is InChI=1S/C12H20O2/c1-4-5-6-7-8-9-11(2)10-12(13)14-3/h7-9H,4-6,10H2,1-3H3/b8-7-,11-9-. The van der Waals surface area contributed by atoms with Crippen molar-refractivity contribution in [2.75, 3.05) is 7.11 Å². The first-order chi connectivity index (χ1) is 6.70. The fraction of sp³-hybridized carbons (Fsp3) is 0.583. The SMILES string of the molecule is CCCC/C=C\C=C(\C)CC(=O)OC. The van der Waals surface area contributed by atoms with E-state index in [0.29, 0.717) is 6.42 Å². The Morgan fingerprint density at radius 2 is 2.14 bits per heavy atom. The van der Waals surface area contributed by atoms with E-state index in [1.165, 1.54) is 20.0 Å². The van der Waals surface area contributed by atoms with E-state index in [0.717, 1.165) is 12.0 Å². The van der Waals surface area contributed by atoms with Crippen molar-refractivity contribution in [3.8, 4) is 0 Å². The highest BCUT2D eigenvalue weighted by Gasteiger charge is 1.98. The second-order valence-electron chi connectivity index (χ2n) is 3.34. The van der Waals surface area contributed by atoms with E-state index < -0.39 is 0 Å². The summed E-state index contributed by atoms with van der Waals surface area (Å²) in [5, 5.41) is 0. The molecule has 0 unspecified atom stereocenters. The number of unbranched alkanes of at least 4 members (excludes halogenated alkanes) is 2. The summed E-state index contributed by atoms with van der Waals surface area (Å²) in [4.78, 5) is 10.9. The first-order valence-corrected chi connectivity index (χ1v) is 5.09. The predicted octanol–water partition coefficient (Wildman–Crippen LogP) is 3.24. The van der Waals surface area contributed by atoms with Crippen molar-refractivity contribution in [1.82, 2.24) is 0 Å². The number of hydrogen-bond acceptors (Lipinski definition) is 2. The second-order valence-corrected chi connectivity index (χ2v) is 3.34. The van der Waals surface area contributed by atoms with E-state index in [1.807, 2.05) is 19.1 Å². The summed E-state index contributed by atoms with van der Waals surface area (Å²) in [5.74, 6) is -0.180. The molecule has 0 aliphatic heterocycles. The van der Waals surface area contributed by atoms with Gasteiger partial charge in [-0.25, -0.2) is 0 Å². The lowest BCUT2D eigenvalue weighted by molar-refractivity contribution is -0.139. The lowest BCUT2D eigenvalue weighted by Crippen LogP contribution is -1.99. The van der Waals surface area contributed by atoms with Crippen molar-refractivity contribution in [2.45, 2.75) is 39.5 Å². The van der Waals surface area contributed by atoms with Gasteiger partial charge in [0.05, 0.1) is 13.5 Å². The number of ether oxygens (including phenoxy) is 1. The van der Waals surface area contributed by atoms with E-state index in [4.69, 9.17) is 0 Å². The third-order valence-electron chi connectivity index (χ3n) is 1.89. The molecule has 0 heterocycles. The third kappa shape index (κ3) is 7.59. The summed E-state index contributed by atoms with van der Waals surface area (Å²) >= 11 is 0. The van der Waals surface area contributed by atoms with Gasteiger partial charge >= 0.3 is 5.97 Å². The van der Waals surface area contributed by atoms with Gasteiger partial charge in [0.25, 0.3) is 0 Å². The molecule has 0 saturated heterocycles. The molecule has 0 atom stereocenters. The van der Waals surface area contributed by atoms with Crippen molar-refractivity contribution < 1.29 is 9.53 Å². The van der Waals surface area contributed by atoms with Crippen LogP contribution in [0.15, 0.2) is 23.8 Å². The second kappa shape index (κ2) is 8.54. The molecule has 0 spiro atoms. The molecule has 2 nitrogen and oxygen atoms in total. The molecular formula is C12H20O2. The zero-order chi connectivity index (χ0) is 10.8. The predicted molar refractivity (Wildman–Crippen MR) is 59.1 cm³/mol. The summed E-state index contributed by atoms with van der Waals surface area (Å²) in [6, 6.07) is 0. The van der Waals surface area contributed by atoms with Crippen LogP contribution in [0.3, 0.4) is 0 Å². The number of carbonyl (C=O) groups is 1. The molecule has 0 aromatic rings. The number of rotatable bonds is 6. The van der Waals surface area contributed by atoms with Crippen LogP contribution in [0.5, 0.6) is 0 Å². The average Bonchev–Trinajstić information content (AvgIpc) is 2.17. The maximum absolute atomic E-state index is 10.9. The highest BCUT2D eigenvalue weighted by atomic mass is 16.5. The summed E-state index contributed by atoms with van der Waals surface area (Å²) < 4.78 is 4.56. The summed E-state index contributed by atoms with van der Waals surface area (Å²) in [7, 11) is 1.41. The van der Waals surface area contributed by atoms with Crippen LogP contribution in [0.2, 0.25) is 0 Å². The highest BCUT2D eigenvalue weighted by Crippen LogP contribution is 2.02. The van der Waals surface area contributed by atoms with Crippen molar-refractivity contribution in [3.05, 3.63) is 23.8 Å². The Bertz CT molecular complexity index is 214. The zero-order valence-electron chi connectivity index (χ0n) is 9.38. The summed E-state index contributed by atoms with van der Waals surface area (Å²) in [5.41, 5.74) is 1.03. The van der Waals surface area contributed by atoms with Gasteiger partial charge in [0, 0.05) is 0 Å². The maximum Gasteiger partial charge on any atom is 0.309 e. The van der Waals surface area contributed by atoms with E-state index in [2.05, 4.69) is 17.7 Å². The van der Waals surface area contributed by atoms with Crippen LogP contribution in [0.1, 0.15) is 39.5 Å². The van der Waals surface area contributed by atoms with E-state index in [9.17, 15) is 4.79 Å². The maximum atomic E-state index is 10.9. The van der Waals surface area contributed by atoms with Crippen molar-refractivity contribution >= 4 is 5.97 Å². The van der Waals surface area contributed by atoms with Gasteiger partial charge in [0.1, 0.15) is 0 Å². The van der Waals surface area contributed by atoms with Crippen LogP contribution < -0.4 is 0 Å². The molecule has 0 N–H and O–H groups in total. The minimum Gasteiger partial charge on any atom is -0.469 e. The van der Waals surface area contributed by atoms with Gasteiger partial charge in [-0.15, -0.1) is 0 Å². The van der Waals surface area contributed by atoms with Gasteiger partial charge in [0.2, 0.25) is 0 Å². The van der Waals surface area contributed by atoms with Gasteiger partial charge in [-0.05, 0) is 13.3 Å². The van der Waals surface area contributed by atoms with Crippen LogP contribution in [-0.4, -0.2) is 13.1 Å². The van der Waals surface area contributed by atoms with E-state index in [-0.39, 0.29) is 5.97 Å². The molecule has 0 saturated carbocycles. The molecule has 0 amide bonds. The fourth-order valence-corrected chi connectivity index (χ4v) is 1.01. The number of carbonyl (C=O) groups excluding carboxylic acids is 1. The van der Waals surface area contributed by atoms with E-state index in [1.54, 1.807) is 0 Å². The molecule has 0 bridgehead atoms. The molecule has 2 heteroatoms. The Labute approximate surface area is 86.6 Å². The van der Waals surface area contributed by atoms with Crippen molar-refractivity contribution in [1.29, 1.82) is 0 Å². The summed E-state index contributed by atoms with van der Waals surface area (Å²) in [6.45, 7) is 4.10. The first-order valence-electron chi connectivity index (χ1n) is 5.09. The van der Waals surface area contributed by atoms with Gasteiger partial charge < -0.3 is 4.74 Å². The molecule has 0 aliphatic rings. The van der Waals surface area contributed by atoms with Gasteiger partial charge in [-0.1, -0.05) is 43.6 Å². The van der Waals surface area contributed by atoms with Gasteiger partial charge in [-0.2, -0.15) is 0 Å². The molecule has 80 valence electrons. The largest absolute Gasteiger partial charge is 0.469 e. The fourth-order valence-electron chi connectivity index (χ4n) is 1.01. The van der Waals surface area contributed by atoms with Crippen molar-refractivity contribution in [2.24, 2.45) is 0 Å². The molecule has 0 aliphatic carbocycles. The highest BCUT2D eigenvalue weighted by molar-refractivity contribution is 5.72.